The fourth-order valence-electron chi connectivity index (χ4n) is 3.76. The highest BCUT2D eigenvalue weighted by Crippen LogP contribution is 2.26. The predicted octanol–water partition coefficient (Wildman–Crippen LogP) is 3.37. The van der Waals surface area contributed by atoms with Gasteiger partial charge in [-0.1, -0.05) is 12.1 Å². The van der Waals surface area contributed by atoms with Crippen LogP contribution in [0.15, 0.2) is 48.5 Å². The molecule has 1 heterocycles. The van der Waals surface area contributed by atoms with E-state index in [2.05, 4.69) is 9.74 Å². The maximum absolute atomic E-state index is 11.6. The summed E-state index contributed by atoms with van der Waals surface area (Å²) in [7, 11) is 3.31. The van der Waals surface area contributed by atoms with Gasteiger partial charge < -0.3 is 19.5 Å². The third-order valence-electron chi connectivity index (χ3n) is 5.69. The number of ether oxygens (including phenoxy) is 2. The molecule has 31 heavy (non-hydrogen) atoms. The van der Waals surface area contributed by atoms with Gasteiger partial charge in [0.15, 0.2) is 5.69 Å². The molecule has 0 radical (unpaired) electrons. The lowest BCUT2D eigenvalue weighted by Gasteiger charge is -2.40. The highest BCUT2D eigenvalue weighted by atomic mass is 16.5. The van der Waals surface area contributed by atoms with Gasteiger partial charge >= 0.3 is 5.97 Å². The van der Waals surface area contributed by atoms with E-state index in [1.807, 2.05) is 36.2 Å². The van der Waals surface area contributed by atoms with E-state index in [1.54, 1.807) is 24.3 Å². The van der Waals surface area contributed by atoms with Crippen LogP contribution in [-0.2, 0) is 4.74 Å². The van der Waals surface area contributed by atoms with Gasteiger partial charge in [0.25, 0.3) is 0 Å². The first-order valence-electron chi connectivity index (χ1n) is 10.4. The molecule has 7 heteroatoms. The number of benzene rings is 2. The number of carbonyl (C=O) groups excluding carboxylic acids is 1. The van der Waals surface area contributed by atoms with Gasteiger partial charge in [0, 0.05) is 38.9 Å². The lowest BCUT2D eigenvalue weighted by atomic mass is 9.90. The van der Waals surface area contributed by atoms with Gasteiger partial charge in [-0.2, -0.15) is 0 Å². The van der Waals surface area contributed by atoms with Crippen molar-refractivity contribution in [2.45, 2.75) is 18.4 Å². The summed E-state index contributed by atoms with van der Waals surface area (Å²) < 4.78 is 10.5. The van der Waals surface area contributed by atoms with E-state index in [0.29, 0.717) is 37.2 Å². The molecule has 1 saturated heterocycles. The average Bonchev–Trinajstić information content (AvgIpc) is 2.80. The van der Waals surface area contributed by atoms with Crippen molar-refractivity contribution in [1.29, 1.82) is 0 Å². The monoisotopic (exact) mass is 423 g/mol. The second-order valence-electron chi connectivity index (χ2n) is 7.91. The van der Waals surface area contributed by atoms with E-state index in [4.69, 9.17) is 16.0 Å². The van der Waals surface area contributed by atoms with Crippen molar-refractivity contribution >= 4 is 17.3 Å². The van der Waals surface area contributed by atoms with Crippen molar-refractivity contribution in [3.8, 4) is 5.75 Å². The highest BCUT2D eigenvalue weighted by Gasteiger charge is 2.33. The summed E-state index contributed by atoms with van der Waals surface area (Å²) in [5, 5.41) is 11.1. The summed E-state index contributed by atoms with van der Waals surface area (Å²) in [5.74, 6) is 0.408. The lowest BCUT2D eigenvalue weighted by Crippen LogP contribution is -2.51. The zero-order valence-electron chi connectivity index (χ0n) is 18.1. The van der Waals surface area contributed by atoms with E-state index >= 15 is 0 Å². The second-order valence-corrected chi connectivity index (χ2v) is 7.91. The van der Waals surface area contributed by atoms with Crippen LogP contribution in [-0.4, -0.2) is 68.5 Å². The first-order valence-corrected chi connectivity index (χ1v) is 10.4. The molecule has 0 aliphatic carbocycles. The zero-order chi connectivity index (χ0) is 22.3. The van der Waals surface area contributed by atoms with Crippen LogP contribution in [0.1, 0.15) is 23.2 Å². The molecule has 0 unspecified atom stereocenters. The zero-order valence-corrected chi connectivity index (χ0v) is 18.1. The van der Waals surface area contributed by atoms with E-state index < -0.39 is 5.60 Å². The fraction of sp³-hybridized carbons (Fsp3) is 0.417. The number of carbonyl (C=O) groups is 1. The minimum absolute atomic E-state index is 0.357. The van der Waals surface area contributed by atoms with Crippen LogP contribution in [0.25, 0.3) is 4.85 Å². The van der Waals surface area contributed by atoms with Gasteiger partial charge in [-0.25, -0.2) is 9.64 Å². The number of hydrogen-bond donors (Lipinski definition) is 1. The number of esters is 1. The van der Waals surface area contributed by atoms with Crippen LogP contribution in [0.2, 0.25) is 0 Å². The normalized spacial score (nSPS) is 15.7. The summed E-state index contributed by atoms with van der Waals surface area (Å²) in [4.78, 5) is 19.3. The third kappa shape index (κ3) is 6.20. The first kappa shape index (κ1) is 22.6. The number of nitrogens with zero attached hydrogens (tertiary/aromatic N) is 3. The Morgan fingerprint density at radius 2 is 1.81 bits per heavy atom. The maximum atomic E-state index is 11.6. The summed E-state index contributed by atoms with van der Waals surface area (Å²) in [6.07, 6.45) is 1.38. The van der Waals surface area contributed by atoms with Crippen LogP contribution in [0, 0.1) is 6.57 Å². The van der Waals surface area contributed by atoms with E-state index in [0.717, 1.165) is 31.1 Å². The minimum Gasteiger partial charge on any atom is -0.492 e. The van der Waals surface area contributed by atoms with Gasteiger partial charge in [0.1, 0.15) is 12.4 Å². The van der Waals surface area contributed by atoms with E-state index in [-0.39, 0.29) is 5.97 Å². The van der Waals surface area contributed by atoms with E-state index in [1.165, 1.54) is 7.11 Å². The van der Waals surface area contributed by atoms with Gasteiger partial charge in [-0.3, -0.25) is 4.90 Å². The molecule has 164 valence electrons. The van der Waals surface area contributed by atoms with Crippen molar-refractivity contribution in [3.63, 3.8) is 0 Å². The molecule has 0 atom stereocenters. The summed E-state index contributed by atoms with van der Waals surface area (Å²) in [6.45, 7) is 10.5. The Balaban J connectivity index is 1.43. The Morgan fingerprint density at radius 1 is 1.16 bits per heavy atom. The van der Waals surface area contributed by atoms with Crippen molar-refractivity contribution in [1.82, 2.24) is 4.90 Å². The smallest absolute Gasteiger partial charge is 0.337 e. The molecule has 1 aliphatic rings. The Morgan fingerprint density at radius 3 is 2.39 bits per heavy atom. The standard InChI is InChI=1S/C24H29N3O4/c1-25-20-6-10-22(11-7-20)31-17-16-27-14-12-24(29,13-15-27)18-26(2)21-8-4-19(5-9-21)23(28)30-3/h4-11,29H,12-18H2,2-3H3. The molecule has 0 bridgehead atoms. The van der Waals surface area contributed by atoms with Crippen LogP contribution >= 0.6 is 0 Å². The quantitative estimate of drug-likeness (QED) is 0.519. The van der Waals surface area contributed by atoms with Crippen LogP contribution in [0.5, 0.6) is 5.75 Å². The summed E-state index contributed by atoms with van der Waals surface area (Å²) in [5.41, 5.74) is 1.31. The number of anilines is 1. The van der Waals surface area contributed by atoms with E-state index in [9.17, 15) is 9.90 Å². The number of hydrogen-bond acceptors (Lipinski definition) is 6. The number of piperidine rings is 1. The van der Waals surface area contributed by atoms with Crippen LogP contribution < -0.4 is 9.64 Å². The molecular weight excluding hydrogens is 394 g/mol. The molecule has 3 rings (SSSR count). The Labute approximate surface area is 183 Å². The predicted molar refractivity (Wildman–Crippen MR) is 120 cm³/mol. The maximum Gasteiger partial charge on any atom is 0.337 e. The Hall–Kier alpha value is -3.08. The second kappa shape index (κ2) is 10.3. The number of rotatable bonds is 8. The topological polar surface area (TPSA) is 66.6 Å². The molecule has 2 aromatic rings. The van der Waals surface area contributed by atoms with Crippen LogP contribution in [0.4, 0.5) is 11.4 Å². The fourth-order valence-corrected chi connectivity index (χ4v) is 3.76. The largest absolute Gasteiger partial charge is 0.492 e. The van der Waals surface area contributed by atoms with Gasteiger partial charge in [-0.05, 0) is 49.2 Å². The third-order valence-corrected chi connectivity index (χ3v) is 5.69. The highest BCUT2D eigenvalue weighted by molar-refractivity contribution is 5.89. The van der Waals surface area contributed by atoms with Gasteiger partial charge in [-0.15, -0.1) is 0 Å². The van der Waals surface area contributed by atoms with Crippen molar-refractivity contribution in [2.24, 2.45) is 0 Å². The summed E-state index contributed by atoms with van der Waals surface area (Å²) in [6, 6.07) is 14.3. The molecular formula is C24H29N3O4. The van der Waals surface area contributed by atoms with Crippen molar-refractivity contribution in [2.75, 3.05) is 51.8 Å². The SMILES string of the molecule is [C-]#[N+]c1ccc(OCCN2CCC(O)(CN(C)c3ccc(C(=O)OC)cc3)CC2)cc1. The average molecular weight is 424 g/mol. The molecule has 1 fully saturated rings. The number of aliphatic hydroxyl groups is 1. The first-order chi connectivity index (χ1) is 14.9. The molecule has 0 aromatic heterocycles. The molecule has 0 saturated carbocycles. The minimum atomic E-state index is -0.747. The Bertz CT molecular complexity index is 898. The van der Waals surface area contributed by atoms with Gasteiger partial charge in [0.05, 0.1) is 24.8 Å². The number of likely N-dealkylation sites (N-methyl/N-ethyl adjacent to an activating group) is 1. The molecule has 7 nitrogen and oxygen atoms in total. The Kier molecular flexibility index (Phi) is 7.50. The number of methoxy groups -OCH3 is 1. The van der Waals surface area contributed by atoms with Crippen molar-refractivity contribution < 1.29 is 19.4 Å². The number of likely N-dealkylation sites (tertiary alicyclic amines) is 1. The molecule has 0 spiro atoms. The summed E-state index contributed by atoms with van der Waals surface area (Å²) >= 11 is 0. The van der Waals surface area contributed by atoms with Gasteiger partial charge in [0.2, 0.25) is 0 Å². The molecule has 1 N–H and O–H groups in total. The van der Waals surface area contributed by atoms with Crippen molar-refractivity contribution in [3.05, 3.63) is 65.5 Å². The molecule has 2 aromatic carbocycles. The molecule has 0 amide bonds. The molecule has 1 aliphatic heterocycles. The van der Waals surface area contributed by atoms with Crippen LogP contribution in [0.3, 0.4) is 0 Å². The lowest BCUT2D eigenvalue weighted by molar-refractivity contribution is -0.0162.